The highest BCUT2D eigenvalue weighted by Gasteiger charge is 2.57. The minimum Gasteiger partial charge on any atom is -0.465 e. The molecule has 1 unspecified atom stereocenters. The first kappa shape index (κ1) is 11.7. The van der Waals surface area contributed by atoms with Gasteiger partial charge in [-0.3, -0.25) is 4.18 Å². The summed E-state index contributed by atoms with van der Waals surface area (Å²) in [6, 6.07) is -0.298. The van der Waals surface area contributed by atoms with Crippen molar-refractivity contribution in [2.24, 2.45) is 5.41 Å². The van der Waals surface area contributed by atoms with E-state index in [4.69, 9.17) is 9.29 Å². The highest BCUT2D eigenvalue weighted by Crippen LogP contribution is 2.53. The molecule has 2 rings (SSSR count). The average Bonchev–Trinajstić information content (AvgIpc) is 1.95. The van der Waals surface area contributed by atoms with E-state index in [0.29, 0.717) is 6.54 Å². The second-order valence-corrected chi connectivity index (χ2v) is 6.27. The first-order chi connectivity index (χ1) is 7.34. The van der Waals surface area contributed by atoms with Crippen molar-refractivity contribution in [1.82, 2.24) is 4.90 Å². The summed E-state index contributed by atoms with van der Waals surface area (Å²) in [5.41, 5.74) is -0.0108. The van der Waals surface area contributed by atoms with Gasteiger partial charge in [-0.2, -0.15) is 8.42 Å². The smallest absolute Gasteiger partial charge is 0.407 e. The fraction of sp³-hybridized carbons (Fsp3) is 0.889. The monoisotopic (exact) mass is 249 g/mol. The number of hydrogen-bond acceptors (Lipinski definition) is 4. The van der Waals surface area contributed by atoms with E-state index in [0.717, 1.165) is 25.5 Å². The third kappa shape index (κ3) is 1.89. The van der Waals surface area contributed by atoms with Crippen molar-refractivity contribution >= 4 is 16.2 Å². The molecule has 0 bridgehead atoms. The minimum atomic E-state index is -3.50. The Morgan fingerprint density at radius 2 is 2.19 bits per heavy atom. The van der Waals surface area contributed by atoms with Crippen molar-refractivity contribution < 1.29 is 22.5 Å². The fourth-order valence-corrected chi connectivity index (χ4v) is 2.93. The van der Waals surface area contributed by atoms with Gasteiger partial charge < -0.3 is 10.0 Å². The normalized spacial score (nSPS) is 27.3. The fourth-order valence-electron chi connectivity index (χ4n) is 2.55. The van der Waals surface area contributed by atoms with E-state index in [2.05, 4.69) is 0 Å². The first-order valence-electron chi connectivity index (χ1n) is 5.18. The van der Waals surface area contributed by atoms with Crippen LogP contribution < -0.4 is 0 Å². The lowest BCUT2D eigenvalue weighted by Gasteiger charge is -2.60. The van der Waals surface area contributed by atoms with Crippen molar-refractivity contribution in [3.63, 3.8) is 0 Å². The van der Waals surface area contributed by atoms with Gasteiger partial charge in [0, 0.05) is 12.0 Å². The summed E-state index contributed by atoms with van der Waals surface area (Å²) in [6.45, 7) is 0.464. The maximum absolute atomic E-state index is 10.9. The van der Waals surface area contributed by atoms with Gasteiger partial charge in [0.2, 0.25) is 0 Å². The van der Waals surface area contributed by atoms with E-state index in [1.165, 1.54) is 4.90 Å². The highest BCUT2D eigenvalue weighted by molar-refractivity contribution is 7.85. The lowest BCUT2D eigenvalue weighted by Crippen LogP contribution is -2.70. The van der Waals surface area contributed by atoms with Crippen LogP contribution in [0.5, 0.6) is 0 Å². The van der Waals surface area contributed by atoms with Crippen LogP contribution in [0, 0.1) is 5.41 Å². The lowest BCUT2D eigenvalue weighted by atomic mass is 9.58. The molecule has 2 fully saturated rings. The Bertz CT molecular complexity index is 400. The van der Waals surface area contributed by atoms with Crippen molar-refractivity contribution in [3.05, 3.63) is 0 Å². The van der Waals surface area contributed by atoms with Crippen LogP contribution in [0.1, 0.15) is 19.3 Å². The van der Waals surface area contributed by atoms with Crippen LogP contribution in [0.25, 0.3) is 0 Å². The zero-order chi connectivity index (χ0) is 12.0. The summed E-state index contributed by atoms with van der Waals surface area (Å²) in [5, 5.41) is 8.91. The largest absolute Gasteiger partial charge is 0.465 e. The molecule has 1 heterocycles. The zero-order valence-electron chi connectivity index (χ0n) is 9.05. The van der Waals surface area contributed by atoms with E-state index in [9.17, 15) is 13.2 Å². The quantitative estimate of drug-likeness (QED) is 0.736. The molecule has 1 N–H and O–H groups in total. The summed E-state index contributed by atoms with van der Waals surface area (Å²) in [5.74, 6) is 0. The minimum absolute atomic E-state index is 0.0108. The van der Waals surface area contributed by atoms with Gasteiger partial charge in [0.1, 0.15) is 0 Å². The van der Waals surface area contributed by atoms with Crippen molar-refractivity contribution in [2.75, 3.05) is 19.4 Å². The number of amides is 1. The molecular weight excluding hydrogens is 234 g/mol. The van der Waals surface area contributed by atoms with Crippen LogP contribution in [-0.4, -0.2) is 50.0 Å². The van der Waals surface area contributed by atoms with Crippen molar-refractivity contribution in [3.8, 4) is 0 Å². The van der Waals surface area contributed by atoms with E-state index in [1.54, 1.807) is 0 Å². The summed E-state index contributed by atoms with van der Waals surface area (Å²) < 4.78 is 26.5. The molecule has 0 aromatic heterocycles. The molecule has 0 aromatic carbocycles. The third-order valence-electron chi connectivity index (χ3n) is 3.60. The topological polar surface area (TPSA) is 83.9 Å². The van der Waals surface area contributed by atoms with Gasteiger partial charge in [-0.25, -0.2) is 4.79 Å². The Labute approximate surface area is 94.3 Å². The first-order valence-corrected chi connectivity index (χ1v) is 7.00. The molecule has 92 valence electrons. The molecule has 0 aromatic rings. The van der Waals surface area contributed by atoms with Crippen LogP contribution in [0.3, 0.4) is 0 Å². The average molecular weight is 249 g/mol. The van der Waals surface area contributed by atoms with Crippen molar-refractivity contribution in [2.45, 2.75) is 25.3 Å². The maximum atomic E-state index is 10.9. The molecule has 1 aliphatic heterocycles. The van der Waals surface area contributed by atoms with Gasteiger partial charge >= 0.3 is 6.09 Å². The zero-order valence-corrected chi connectivity index (χ0v) is 9.87. The Morgan fingerprint density at radius 1 is 1.56 bits per heavy atom. The molecular formula is C9H15NO5S. The van der Waals surface area contributed by atoms with E-state index in [1.807, 2.05) is 0 Å². The number of likely N-dealkylation sites (tertiary alicyclic amines) is 1. The predicted molar refractivity (Wildman–Crippen MR) is 55.6 cm³/mol. The number of carbonyl (C=O) groups is 1. The Balaban J connectivity index is 2.00. The molecule has 1 saturated carbocycles. The number of carboxylic acid groups (broad SMARTS) is 1. The molecule has 6 nitrogen and oxygen atoms in total. The maximum Gasteiger partial charge on any atom is 0.407 e. The highest BCUT2D eigenvalue weighted by atomic mass is 32.2. The van der Waals surface area contributed by atoms with E-state index < -0.39 is 16.2 Å². The number of nitrogens with zero attached hydrogens (tertiary/aromatic N) is 1. The van der Waals surface area contributed by atoms with Crippen LogP contribution in [0.4, 0.5) is 4.79 Å². The van der Waals surface area contributed by atoms with E-state index in [-0.39, 0.29) is 18.1 Å². The van der Waals surface area contributed by atoms with Gasteiger partial charge in [-0.05, 0) is 12.8 Å². The summed E-state index contributed by atoms with van der Waals surface area (Å²) >= 11 is 0. The molecule has 16 heavy (non-hydrogen) atoms. The Kier molecular flexibility index (Phi) is 2.62. The molecule has 7 heteroatoms. The second-order valence-electron chi connectivity index (χ2n) is 4.63. The molecule has 1 saturated heterocycles. The van der Waals surface area contributed by atoms with Crippen LogP contribution in [0.2, 0.25) is 0 Å². The molecule has 1 amide bonds. The van der Waals surface area contributed by atoms with Gasteiger partial charge in [0.05, 0.1) is 18.9 Å². The SMILES string of the molecule is CS(=O)(=O)OCC1N(C(=O)O)CC12CCC2. The molecule has 1 atom stereocenters. The van der Waals surface area contributed by atoms with Crippen LogP contribution in [-0.2, 0) is 14.3 Å². The standard InChI is InChI=1S/C9H15NO5S/c1-16(13,14)15-5-7-9(3-2-4-9)6-10(7)8(11)12/h7H,2-6H2,1H3,(H,11,12). The second kappa shape index (κ2) is 3.59. The third-order valence-corrected chi connectivity index (χ3v) is 4.17. The summed E-state index contributed by atoms with van der Waals surface area (Å²) in [7, 11) is -3.50. The Hall–Kier alpha value is -0.820. The van der Waals surface area contributed by atoms with E-state index >= 15 is 0 Å². The summed E-state index contributed by atoms with van der Waals surface area (Å²) in [6.07, 6.45) is 3.00. The van der Waals surface area contributed by atoms with Gasteiger partial charge in [-0.15, -0.1) is 0 Å². The van der Waals surface area contributed by atoms with Crippen LogP contribution in [0.15, 0.2) is 0 Å². The number of hydrogen-bond donors (Lipinski definition) is 1. The predicted octanol–water partition coefficient (Wildman–Crippen LogP) is 0.495. The van der Waals surface area contributed by atoms with Gasteiger partial charge in [0.25, 0.3) is 10.1 Å². The lowest BCUT2D eigenvalue weighted by molar-refractivity contribution is -0.120. The molecule has 1 spiro atoms. The summed E-state index contributed by atoms with van der Waals surface area (Å²) in [4.78, 5) is 12.1. The number of rotatable bonds is 3. The van der Waals surface area contributed by atoms with Crippen LogP contribution >= 0.6 is 0 Å². The van der Waals surface area contributed by atoms with Gasteiger partial charge in [0.15, 0.2) is 0 Å². The van der Waals surface area contributed by atoms with Crippen molar-refractivity contribution in [1.29, 1.82) is 0 Å². The van der Waals surface area contributed by atoms with Gasteiger partial charge in [-0.1, -0.05) is 6.42 Å². The Morgan fingerprint density at radius 3 is 2.56 bits per heavy atom. The molecule has 1 aliphatic carbocycles. The molecule has 2 aliphatic rings. The molecule has 0 radical (unpaired) electrons.